The van der Waals surface area contributed by atoms with Crippen LogP contribution in [0.2, 0.25) is 5.02 Å². The minimum atomic E-state index is -0.478. The molecule has 7 nitrogen and oxygen atoms in total. The van der Waals surface area contributed by atoms with Crippen LogP contribution >= 0.6 is 11.6 Å². The Labute approximate surface area is 169 Å². The summed E-state index contributed by atoms with van der Waals surface area (Å²) in [6.45, 7) is 1.44. The normalized spacial score (nSPS) is 11.0. The Morgan fingerprint density at radius 3 is 2.69 bits per heavy atom. The SMILES string of the molecule is Cc1nn(CC(=O)Nc2cccc(Cl)c2)c(=O)c2c1cnn2-c1ccc(F)cc1. The molecule has 2 aromatic heterocycles. The number of nitrogens with zero attached hydrogens (tertiary/aromatic N) is 4. The highest BCUT2D eigenvalue weighted by Crippen LogP contribution is 2.18. The molecule has 0 bridgehead atoms. The molecule has 0 aliphatic rings. The Morgan fingerprint density at radius 1 is 1.21 bits per heavy atom. The summed E-state index contributed by atoms with van der Waals surface area (Å²) in [5, 5.41) is 12.2. The molecule has 0 spiro atoms. The largest absolute Gasteiger partial charge is 0.324 e. The molecule has 0 unspecified atom stereocenters. The Kier molecular flexibility index (Phi) is 4.85. The van der Waals surface area contributed by atoms with Gasteiger partial charge in [-0.2, -0.15) is 10.2 Å². The van der Waals surface area contributed by atoms with Gasteiger partial charge in [0.05, 0.1) is 17.6 Å². The maximum atomic E-state index is 13.2. The smallest absolute Gasteiger partial charge is 0.293 e. The second-order valence-electron chi connectivity index (χ2n) is 6.40. The van der Waals surface area contributed by atoms with Gasteiger partial charge in [-0.15, -0.1) is 0 Å². The molecule has 4 aromatic rings. The molecule has 29 heavy (non-hydrogen) atoms. The minimum Gasteiger partial charge on any atom is -0.324 e. The van der Waals surface area contributed by atoms with E-state index in [2.05, 4.69) is 15.5 Å². The number of rotatable bonds is 4. The highest BCUT2D eigenvalue weighted by Gasteiger charge is 2.16. The third-order valence-corrected chi connectivity index (χ3v) is 4.57. The fourth-order valence-electron chi connectivity index (χ4n) is 3.01. The van der Waals surface area contributed by atoms with E-state index < -0.39 is 17.3 Å². The van der Waals surface area contributed by atoms with Crippen molar-refractivity contribution in [3.8, 4) is 5.69 Å². The van der Waals surface area contributed by atoms with Gasteiger partial charge in [0.15, 0.2) is 0 Å². The molecule has 4 rings (SSSR count). The van der Waals surface area contributed by atoms with Gasteiger partial charge in [0.25, 0.3) is 5.56 Å². The Balaban J connectivity index is 1.71. The first kappa shape index (κ1) is 18.8. The summed E-state index contributed by atoms with van der Waals surface area (Å²) in [5.74, 6) is -0.813. The van der Waals surface area contributed by atoms with E-state index in [0.29, 0.717) is 27.5 Å². The van der Waals surface area contributed by atoms with E-state index in [1.54, 1.807) is 31.2 Å². The van der Waals surface area contributed by atoms with E-state index in [-0.39, 0.29) is 12.1 Å². The first-order chi connectivity index (χ1) is 13.9. The van der Waals surface area contributed by atoms with Crippen molar-refractivity contribution in [1.29, 1.82) is 0 Å². The van der Waals surface area contributed by atoms with Gasteiger partial charge in [0, 0.05) is 16.1 Å². The highest BCUT2D eigenvalue weighted by atomic mass is 35.5. The van der Waals surface area contributed by atoms with E-state index in [4.69, 9.17) is 11.6 Å². The number of benzene rings is 2. The third kappa shape index (κ3) is 3.74. The van der Waals surface area contributed by atoms with Crippen LogP contribution in [0.5, 0.6) is 0 Å². The van der Waals surface area contributed by atoms with Crippen LogP contribution in [0, 0.1) is 12.7 Å². The predicted molar refractivity (Wildman–Crippen MR) is 108 cm³/mol. The van der Waals surface area contributed by atoms with Crippen LogP contribution in [0.15, 0.2) is 59.5 Å². The molecule has 0 aliphatic carbocycles. The number of anilines is 1. The van der Waals surface area contributed by atoms with Gasteiger partial charge >= 0.3 is 0 Å². The Hall–Kier alpha value is -3.52. The first-order valence-electron chi connectivity index (χ1n) is 8.69. The molecule has 2 heterocycles. The van der Waals surface area contributed by atoms with Gasteiger partial charge in [0.1, 0.15) is 17.9 Å². The minimum absolute atomic E-state index is 0.264. The van der Waals surface area contributed by atoms with Crippen molar-refractivity contribution in [1.82, 2.24) is 19.6 Å². The lowest BCUT2D eigenvalue weighted by atomic mass is 10.2. The highest BCUT2D eigenvalue weighted by molar-refractivity contribution is 6.30. The Bertz CT molecular complexity index is 1280. The van der Waals surface area contributed by atoms with Crippen molar-refractivity contribution >= 4 is 34.1 Å². The summed E-state index contributed by atoms with van der Waals surface area (Å²) >= 11 is 5.92. The van der Waals surface area contributed by atoms with Crippen LogP contribution in [0.3, 0.4) is 0 Å². The number of amides is 1. The number of hydrogen-bond donors (Lipinski definition) is 1. The maximum Gasteiger partial charge on any atom is 0.293 e. The van der Waals surface area contributed by atoms with Gasteiger partial charge in [-0.1, -0.05) is 17.7 Å². The number of hydrogen-bond acceptors (Lipinski definition) is 4. The van der Waals surface area contributed by atoms with E-state index in [1.807, 2.05) is 0 Å². The van der Waals surface area contributed by atoms with Gasteiger partial charge < -0.3 is 5.32 Å². The second kappa shape index (κ2) is 7.48. The quantitative estimate of drug-likeness (QED) is 0.558. The van der Waals surface area contributed by atoms with Crippen molar-refractivity contribution in [2.75, 3.05) is 5.32 Å². The zero-order valence-corrected chi connectivity index (χ0v) is 16.0. The zero-order chi connectivity index (χ0) is 20.5. The molecule has 0 aliphatic heterocycles. The van der Waals surface area contributed by atoms with E-state index in [0.717, 1.165) is 4.68 Å². The molecular weight excluding hydrogens is 397 g/mol. The summed E-state index contributed by atoms with van der Waals surface area (Å²) in [4.78, 5) is 25.4. The summed E-state index contributed by atoms with van der Waals surface area (Å²) in [6, 6.07) is 12.3. The molecule has 1 amide bonds. The van der Waals surface area contributed by atoms with Gasteiger partial charge in [-0.3, -0.25) is 9.59 Å². The molecule has 0 fully saturated rings. The number of halogens is 2. The lowest BCUT2D eigenvalue weighted by Gasteiger charge is -2.09. The summed E-state index contributed by atoms with van der Waals surface area (Å²) in [7, 11) is 0. The molecule has 2 aromatic carbocycles. The van der Waals surface area contributed by atoms with Crippen molar-refractivity contribution in [3.05, 3.63) is 81.6 Å². The standard InChI is InChI=1S/C20H15ClFN5O2/c1-12-17-10-23-27(16-7-5-14(22)6-8-16)19(17)20(29)26(25-12)11-18(28)24-15-4-2-3-13(21)9-15/h2-10H,11H2,1H3,(H,24,28). The Morgan fingerprint density at radius 2 is 1.97 bits per heavy atom. The van der Waals surface area contributed by atoms with Crippen LogP contribution in [0.4, 0.5) is 10.1 Å². The second-order valence-corrected chi connectivity index (χ2v) is 6.84. The number of carbonyl (C=O) groups is 1. The van der Waals surface area contributed by atoms with E-state index in [9.17, 15) is 14.0 Å². The summed E-state index contributed by atoms with van der Waals surface area (Å²) in [6.07, 6.45) is 1.53. The number of carbonyl (C=O) groups excluding carboxylic acids is 1. The molecule has 1 N–H and O–H groups in total. The number of nitrogens with one attached hydrogen (secondary N) is 1. The molecule has 9 heteroatoms. The topological polar surface area (TPSA) is 81.8 Å². The average molecular weight is 412 g/mol. The zero-order valence-electron chi connectivity index (χ0n) is 15.3. The van der Waals surface area contributed by atoms with Crippen LogP contribution in [0.25, 0.3) is 16.6 Å². The fourth-order valence-corrected chi connectivity index (χ4v) is 3.20. The van der Waals surface area contributed by atoms with Gasteiger partial charge in [0.2, 0.25) is 5.91 Å². The molecular formula is C20H15ClFN5O2. The van der Waals surface area contributed by atoms with Gasteiger partial charge in [-0.25, -0.2) is 13.8 Å². The van der Waals surface area contributed by atoms with Crippen molar-refractivity contribution in [2.45, 2.75) is 13.5 Å². The maximum absolute atomic E-state index is 13.2. The number of fused-ring (bicyclic) bond motifs is 1. The lowest BCUT2D eigenvalue weighted by molar-refractivity contribution is -0.117. The van der Waals surface area contributed by atoms with Gasteiger partial charge in [-0.05, 0) is 49.4 Å². The lowest BCUT2D eigenvalue weighted by Crippen LogP contribution is -2.31. The summed E-state index contributed by atoms with van der Waals surface area (Å²) < 4.78 is 15.7. The third-order valence-electron chi connectivity index (χ3n) is 4.34. The monoisotopic (exact) mass is 411 g/mol. The first-order valence-corrected chi connectivity index (χ1v) is 9.07. The molecule has 146 valence electrons. The molecule has 0 atom stereocenters. The van der Waals surface area contributed by atoms with Crippen LogP contribution < -0.4 is 10.9 Å². The number of aryl methyl sites for hydroxylation is 1. The fraction of sp³-hybridized carbons (Fsp3) is 0.100. The molecule has 0 radical (unpaired) electrons. The van der Waals surface area contributed by atoms with Crippen LogP contribution in [0.1, 0.15) is 5.69 Å². The summed E-state index contributed by atoms with van der Waals surface area (Å²) in [5.41, 5.74) is 1.38. The van der Waals surface area contributed by atoms with Crippen molar-refractivity contribution < 1.29 is 9.18 Å². The van der Waals surface area contributed by atoms with Crippen LogP contribution in [-0.2, 0) is 11.3 Å². The van der Waals surface area contributed by atoms with Crippen LogP contribution in [-0.4, -0.2) is 25.5 Å². The van der Waals surface area contributed by atoms with Crippen molar-refractivity contribution in [3.63, 3.8) is 0 Å². The molecule has 0 saturated heterocycles. The van der Waals surface area contributed by atoms with E-state index in [1.165, 1.54) is 35.1 Å². The van der Waals surface area contributed by atoms with E-state index >= 15 is 0 Å². The predicted octanol–water partition coefficient (Wildman–Crippen LogP) is 3.32. The van der Waals surface area contributed by atoms with Crippen molar-refractivity contribution in [2.24, 2.45) is 0 Å². The molecule has 0 saturated carbocycles. The average Bonchev–Trinajstić information content (AvgIpc) is 3.12. The number of aromatic nitrogens is 4.